The summed E-state index contributed by atoms with van der Waals surface area (Å²) in [5, 5.41) is 9.45. The summed E-state index contributed by atoms with van der Waals surface area (Å²) in [5.74, 6) is 1.08. The van der Waals surface area contributed by atoms with Crippen LogP contribution in [0.3, 0.4) is 0 Å². The minimum absolute atomic E-state index is 0.300. The molecule has 4 heteroatoms. The van der Waals surface area contributed by atoms with Crippen LogP contribution in [0.25, 0.3) is 0 Å². The highest BCUT2D eigenvalue weighted by molar-refractivity contribution is 4.88. The predicted molar refractivity (Wildman–Crippen MR) is 72.5 cm³/mol. The van der Waals surface area contributed by atoms with Crippen molar-refractivity contribution in [2.75, 3.05) is 13.2 Å². The fraction of sp³-hybridized carbons (Fsp3) is 0.786. The van der Waals surface area contributed by atoms with Crippen molar-refractivity contribution in [2.24, 2.45) is 0 Å². The summed E-state index contributed by atoms with van der Waals surface area (Å²) in [5.41, 5.74) is 0. The summed E-state index contributed by atoms with van der Waals surface area (Å²) >= 11 is 0. The van der Waals surface area contributed by atoms with Gasteiger partial charge in [0.25, 0.3) is 0 Å². The second-order valence-corrected chi connectivity index (χ2v) is 5.38. The maximum atomic E-state index is 9.45. The highest BCUT2D eigenvalue weighted by Crippen LogP contribution is 2.22. The highest BCUT2D eigenvalue weighted by Gasteiger charge is 2.26. The van der Waals surface area contributed by atoms with Crippen LogP contribution in [0.5, 0.6) is 0 Å². The van der Waals surface area contributed by atoms with Gasteiger partial charge in [-0.1, -0.05) is 6.42 Å². The standard InChI is InChI=1S/C14H25N3O/c1-12-5-3-6-14(11-18)17(12)9-4-8-16-10-7-15-13(16)2/h7,10,12,14,18H,3-6,8-9,11H2,1-2H3. The van der Waals surface area contributed by atoms with Gasteiger partial charge in [-0.05, 0) is 33.1 Å². The molecule has 0 spiro atoms. The van der Waals surface area contributed by atoms with E-state index in [9.17, 15) is 5.11 Å². The first-order chi connectivity index (χ1) is 8.72. The Labute approximate surface area is 110 Å². The molecular formula is C14H25N3O. The molecule has 0 bridgehead atoms. The van der Waals surface area contributed by atoms with Crippen LogP contribution in [-0.2, 0) is 6.54 Å². The van der Waals surface area contributed by atoms with E-state index >= 15 is 0 Å². The molecule has 0 aliphatic carbocycles. The molecule has 0 saturated carbocycles. The smallest absolute Gasteiger partial charge is 0.105 e. The number of nitrogens with zero attached hydrogens (tertiary/aromatic N) is 3. The van der Waals surface area contributed by atoms with E-state index < -0.39 is 0 Å². The van der Waals surface area contributed by atoms with Gasteiger partial charge in [-0.15, -0.1) is 0 Å². The molecule has 1 aliphatic rings. The first-order valence-corrected chi connectivity index (χ1v) is 7.06. The molecule has 1 aromatic rings. The van der Waals surface area contributed by atoms with Gasteiger partial charge in [0.05, 0.1) is 6.61 Å². The number of aliphatic hydroxyl groups is 1. The van der Waals surface area contributed by atoms with E-state index in [2.05, 4.69) is 21.4 Å². The largest absolute Gasteiger partial charge is 0.395 e. The van der Waals surface area contributed by atoms with Crippen LogP contribution < -0.4 is 0 Å². The van der Waals surface area contributed by atoms with Crippen molar-refractivity contribution in [3.05, 3.63) is 18.2 Å². The van der Waals surface area contributed by atoms with Crippen LogP contribution in [0.15, 0.2) is 12.4 Å². The van der Waals surface area contributed by atoms with E-state index in [1.54, 1.807) is 0 Å². The normalized spacial score (nSPS) is 25.5. The molecular weight excluding hydrogens is 226 g/mol. The molecule has 18 heavy (non-hydrogen) atoms. The number of likely N-dealkylation sites (tertiary alicyclic amines) is 1. The number of hydrogen-bond acceptors (Lipinski definition) is 3. The van der Waals surface area contributed by atoms with E-state index in [1.807, 2.05) is 19.3 Å². The minimum Gasteiger partial charge on any atom is -0.395 e. The molecule has 0 radical (unpaired) electrons. The number of aliphatic hydroxyl groups excluding tert-OH is 1. The number of hydrogen-bond donors (Lipinski definition) is 1. The Hall–Kier alpha value is -0.870. The van der Waals surface area contributed by atoms with Gasteiger partial charge in [0.15, 0.2) is 0 Å². The first-order valence-electron chi connectivity index (χ1n) is 7.06. The van der Waals surface area contributed by atoms with Crippen molar-refractivity contribution in [1.29, 1.82) is 0 Å². The maximum absolute atomic E-state index is 9.45. The second kappa shape index (κ2) is 6.34. The molecule has 2 unspecified atom stereocenters. The van der Waals surface area contributed by atoms with Gasteiger partial charge in [-0.3, -0.25) is 4.90 Å². The van der Waals surface area contributed by atoms with Crippen molar-refractivity contribution in [2.45, 2.75) is 58.2 Å². The number of aryl methyl sites for hydroxylation is 2. The number of imidazole rings is 1. The summed E-state index contributed by atoms with van der Waals surface area (Å²) in [6.45, 7) is 6.72. The van der Waals surface area contributed by atoms with Crippen molar-refractivity contribution >= 4 is 0 Å². The molecule has 1 N–H and O–H groups in total. The molecule has 1 saturated heterocycles. The Bertz CT molecular complexity index is 364. The van der Waals surface area contributed by atoms with E-state index in [4.69, 9.17) is 0 Å². The summed E-state index contributed by atoms with van der Waals surface area (Å²) in [6, 6.07) is 0.984. The van der Waals surface area contributed by atoms with Gasteiger partial charge >= 0.3 is 0 Å². The van der Waals surface area contributed by atoms with Crippen LogP contribution >= 0.6 is 0 Å². The Morgan fingerprint density at radius 3 is 2.89 bits per heavy atom. The number of aromatic nitrogens is 2. The second-order valence-electron chi connectivity index (χ2n) is 5.38. The van der Waals surface area contributed by atoms with Crippen LogP contribution in [-0.4, -0.2) is 44.8 Å². The van der Waals surface area contributed by atoms with E-state index in [0.717, 1.165) is 31.8 Å². The summed E-state index contributed by atoms with van der Waals surface area (Å²) in [7, 11) is 0. The van der Waals surface area contributed by atoms with Gasteiger partial charge < -0.3 is 9.67 Å². The van der Waals surface area contributed by atoms with Crippen LogP contribution in [0.2, 0.25) is 0 Å². The molecule has 1 aliphatic heterocycles. The third-order valence-corrected chi connectivity index (χ3v) is 4.14. The molecule has 4 nitrogen and oxygen atoms in total. The quantitative estimate of drug-likeness (QED) is 0.868. The number of rotatable bonds is 5. The van der Waals surface area contributed by atoms with Gasteiger partial charge in [-0.2, -0.15) is 0 Å². The zero-order valence-corrected chi connectivity index (χ0v) is 11.5. The van der Waals surface area contributed by atoms with Crippen molar-refractivity contribution in [3.63, 3.8) is 0 Å². The average molecular weight is 251 g/mol. The van der Waals surface area contributed by atoms with Gasteiger partial charge in [0, 0.05) is 37.6 Å². The average Bonchev–Trinajstić information content (AvgIpc) is 2.77. The highest BCUT2D eigenvalue weighted by atomic mass is 16.3. The van der Waals surface area contributed by atoms with Crippen molar-refractivity contribution in [1.82, 2.24) is 14.5 Å². The molecule has 2 heterocycles. The number of piperidine rings is 1. The molecule has 2 rings (SSSR count). The topological polar surface area (TPSA) is 41.3 Å². The lowest BCUT2D eigenvalue weighted by molar-refractivity contribution is 0.0500. The molecule has 0 amide bonds. The van der Waals surface area contributed by atoms with E-state index in [1.165, 1.54) is 12.8 Å². The molecule has 0 aromatic carbocycles. The van der Waals surface area contributed by atoms with Crippen molar-refractivity contribution in [3.8, 4) is 0 Å². The lowest BCUT2D eigenvalue weighted by Gasteiger charge is -2.40. The van der Waals surface area contributed by atoms with E-state index in [0.29, 0.717) is 18.7 Å². The molecule has 1 fully saturated rings. The third-order valence-electron chi connectivity index (χ3n) is 4.14. The lowest BCUT2D eigenvalue weighted by Crippen LogP contribution is -2.47. The summed E-state index contributed by atoms with van der Waals surface area (Å²) < 4.78 is 2.20. The van der Waals surface area contributed by atoms with Gasteiger partial charge in [0.1, 0.15) is 5.82 Å². The van der Waals surface area contributed by atoms with Crippen LogP contribution in [0, 0.1) is 6.92 Å². The minimum atomic E-state index is 0.300. The SMILES string of the molecule is Cc1nccn1CCCN1C(C)CCCC1CO. The molecule has 1 aromatic heterocycles. The van der Waals surface area contributed by atoms with Crippen molar-refractivity contribution < 1.29 is 5.11 Å². The first kappa shape index (κ1) is 13.6. The van der Waals surface area contributed by atoms with Crippen LogP contribution in [0.4, 0.5) is 0 Å². The lowest BCUT2D eigenvalue weighted by atomic mass is 9.96. The van der Waals surface area contributed by atoms with E-state index in [-0.39, 0.29) is 0 Å². The van der Waals surface area contributed by atoms with Gasteiger partial charge in [0.2, 0.25) is 0 Å². The Balaban J connectivity index is 1.82. The predicted octanol–water partition coefficient (Wildman–Crippen LogP) is 1.82. The van der Waals surface area contributed by atoms with Gasteiger partial charge in [-0.25, -0.2) is 4.98 Å². The molecule has 102 valence electrons. The Kier molecular flexibility index (Phi) is 4.78. The maximum Gasteiger partial charge on any atom is 0.105 e. The zero-order valence-electron chi connectivity index (χ0n) is 11.5. The third kappa shape index (κ3) is 3.12. The Morgan fingerprint density at radius 2 is 2.22 bits per heavy atom. The summed E-state index contributed by atoms with van der Waals surface area (Å²) in [4.78, 5) is 6.72. The summed E-state index contributed by atoms with van der Waals surface area (Å²) in [6.07, 6.45) is 8.68. The zero-order chi connectivity index (χ0) is 13.0. The molecule has 2 atom stereocenters. The fourth-order valence-corrected chi connectivity index (χ4v) is 3.00. The van der Waals surface area contributed by atoms with Crippen LogP contribution in [0.1, 0.15) is 38.4 Å². The Morgan fingerprint density at radius 1 is 1.39 bits per heavy atom. The fourth-order valence-electron chi connectivity index (χ4n) is 3.00. The monoisotopic (exact) mass is 251 g/mol.